The zero-order valence-electron chi connectivity index (χ0n) is 16.8. The van der Waals surface area contributed by atoms with Crippen LogP contribution in [0.4, 0.5) is 0 Å². The Kier molecular flexibility index (Phi) is 6.76. The van der Waals surface area contributed by atoms with E-state index >= 15 is 0 Å². The van der Waals surface area contributed by atoms with Crippen LogP contribution in [0.2, 0.25) is 0 Å². The molecule has 0 spiro atoms. The average molecular weight is 422 g/mol. The molecule has 0 radical (unpaired) electrons. The molecule has 0 saturated carbocycles. The van der Waals surface area contributed by atoms with Gasteiger partial charge in [-0.3, -0.25) is 4.79 Å². The van der Waals surface area contributed by atoms with Crippen LogP contribution in [0.15, 0.2) is 88.9 Å². The summed E-state index contributed by atoms with van der Waals surface area (Å²) in [5.74, 6) is -0.295. The highest BCUT2D eigenvalue weighted by atomic mass is 32.2. The largest absolute Gasteiger partial charge is 0.271 e. The van der Waals surface area contributed by atoms with Gasteiger partial charge in [-0.15, -0.1) is 0 Å². The molecule has 6 nitrogen and oxygen atoms in total. The van der Waals surface area contributed by atoms with E-state index in [2.05, 4.69) is 15.2 Å². The number of carbonyl (C=O) groups is 1. The smallest absolute Gasteiger partial charge is 0.267 e. The highest BCUT2D eigenvalue weighted by Crippen LogP contribution is 2.12. The molecule has 2 N–H and O–H groups in total. The standard InChI is InChI=1S/C23H23N3O3S/c1-17-8-6-7-11-22(17)23(27)26-25-18(2)20-12-14-21(15-13-20)30(28,29)24-16-19-9-4-3-5-10-19/h3-15,24H,16H2,1-2H3,(H,26,27)/b25-18-. The molecule has 0 unspecified atom stereocenters. The molecule has 154 valence electrons. The summed E-state index contributed by atoms with van der Waals surface area (Å²) in [7, 11) is -3.63. The first-order valence-corrected chi connectivity index (χ1v) is 10.9. The van der Waals surface area contributed by atoms with Crippen LogP contribution in [-0.2, 0) is 16.6 Å². The maximum absolute atomic E-state index is 12.5. The Bertz CT molecular complexity index is 1160. The van der Waals surface area contributed by atoms with E-state index in [0.717, 1.165) is 11.1 Å². The molecule has 0 fully saturated rings. The molecular formula is C23H23N3O3S. The molecule has 1 amide bonds. The van der Waals surface area contributed by atoms with Gasteiger partial charge in [-0.2, -0.15) is 5.10 Å². The van der Waals surface area contributed by atoms with Crippen LogP contribution in [0.1, 0.15) is 34.0 Å². The second kappa shape index (κ2) is 9.47. The zero-order chi connectivity index (χ0) is 21.6. The summed E-state index contributed by atoms with van der Waals surface area (Å²) in [4.78, 5) is 12.4. The number of amides is 1. The van der Waals surface area contributed by atoms with Crippen LogP contribution in [0.25, 0.3) is 0 Å². The van der Waals surface area contributed by atoms with E-state index < -0.39 is 10.0 Å². The molecule has 0 atom stereocenters. The summed E-state index contributed by atoms with van der Waals surface area (Å²) in [6, 6.07) is 22.9. The van der Waals surface area contributed by atoms with Gasteiger partial charge in [-0.1, -0.05) is 60.7 Å². The van der Waals surface area contributed by atoms with Gasteiger partial charge in [0.15, 0.2) is 0 Å². The van der Waals surface area contributed by atoms with Gasteiger partial charge in [0.2, 0.25) is 10.0 Å². The van der Waals surface area contributed by atoms with Crippen molar-refractivity contribution in [2.75, 3.05) is 0 Å². The predicted molar refractivity (Wildman–Crippen MR) is 118 cm³/mol. The van der Waals surface area contributed by atoms with E-state index in [1.807, 2.05) is 49.4 Å². The van der Waals surface area contributed by atoms with Crippen molar-refractivity contribution in [1.29, 1.82) is 0 Å². The fourth-order valence-corrected chi connectivity index (χ4v) is 3.84. The molecule has 0 heterocycles. The minimum atomic E-state index is -3.63. The lowest BCUT2D eigenvalue weighted by Crippen LogP contribution is -2.23. The van der Waals surface area contributed by atoms with Crippen molar-refractivity contribution in [3.63, 3.8) is 0 Å². The van der Waals surface area contributed by atoms with E-state index in [1.54, 1.807) is 31.2 Å². The van der Waals surface area contributed by atoms with Gasteiger partial charge >= 0.3 is 0 Å². The Balaban J connectivity index is 1.66. The SMILES string of the molecule is C/C(=N/NC(=O)c1ccccc1C)c1ccc(S(=O)(=O)NCc2ccccc2)cc1. The number of aryl methyl sites for hydroxylation is 1. The lowest BCUT2D eigenvalue weighted by molar-refractivity contribution is 0.0954. The molecule has 0 aromatic heterocycles. The van der Waals surface area contributed by atoms with Crippen LogP contribution >= 0.6 is 0 Å². The van der Waals surface area contributed by atoms with Crippen LogP contribution in [-0.4, -0.2) is 20.0 Å². The molecule has 3 aromatic carbocycles. The second-order valence-corrected chi connectivity index (χ2v) is 8.55. The lowest BCUT2D eigenvalue weighted by atomic mass is 10.1. The quantitative estimate of drug-likeness (QED) is 0.451. The summed E-state index contributed by atoms with van der Waals surface area (Å²) in [6.45, 7) is 3.82. The first-order valence-electron chi connectivity index (χ1n) is 9.41. The van der Waals surface area contributed by atoms with Gasteiger partial charge in [0, 0.05) is 12.1 Å². The Morgan fingerprint density at radius 2 is 1.53 bits per heavy atom. The third kappa shape index (κ3) is 5.40. The number of hydrazone groups is 1. The predicted octanol–water partition coefficient (Wildman–Crippen LogP) is 3.63. The summed E-state index contributed by atoms with van der Waals surface area (Å²) < 4.78 is 27.6. The zero-order valence-corrected chi connectivity index (χ0v) is 17.6. The summed E-state index contributed by atoms with van der Waals surface area (Å²) in [5, 5.41) is 4.13. The fourth-order valence-electron chi connectivity index (χ4n) is 2.82. The Labute approximate surface area is 176 Å². The summed E-state index contributed by atoms with van der Waals surface area (Å²) in [6.07, 6.45) is 0. The van der Waals surface area contributed by atoms with Crippen LogP contribution in [0.5, 0.6) is 0 Å². The lowest BCUT2D eigenvalue weighted by Gasteiger charge is -2.08. The van der Waals surface area contributed by atoms with Crippen LogP contribution in [0, 0.1) is 6.92 Å². The monoisotopic (exact) mass is 421 g/mol. The number of hydrogen-bond donors (Lipinski definition) is 2. The molecule has 3 rings (SSSR count). The van der Waals surface area contributed by atoms with Gasteiger partial charge in [0.25, 0.3) is 5.91 Å². The van der Waals surface area contributed by atoms with Gasteiger partial charge in [0.05, 0.1) is 10.6 Å². The molecule has 0 bridgehead atoms. The first kappa shape index (κ1) is 21.4. The van der Waals surface area contributed by atoms with Gasteiger partial charge in [-0.05, 0) is 48.7 Å². The number of nitrogens with one attached hydrogen (secondary N) is 2. The third-order valence-electron chi connectivity index (χ3n) is 4.61. The van der Waals surface area contributed by atoms with E-state index in [1.165, 1.54) is 12.1 Å². The molecule has 0 saturated heterocycles. The van der Waals surface area contributed by atoms with E-state index in [9.17, 15) is 13.2 Å². The highest BCUT2D eigenvalue weighted by Gasteiger charge is 2.14. The van der Waals surface area contributed by atoms with Crippen molar-refractivity contribution in [3.05, 3.63) is 101 Å². The van der Waals surface area contributed by atoms with Gasteiger partial charge in [-0.25, -0.2) is 18.6 Å². The number of nitrogens with zero attached hydrogens (tertiary/aromatic N) is 1. The normalized spacial score (nSPS) is 11.9. The van der Waals surface area contributed by atoms with Crippen LogP contribution < -0.4 is 10.1 Å². The maximum Gasteiger partial charge on any atom is 0.271 e. The third-order valence-corrected chi connectivity index (χ3v) is 6.02. The van der Waals surface area contributed by atoms with Crippen molar-refractivity contribution < 1.29 is 13.2 Å². The Hall–Kier alpha value is -3.29. The molecule has 0 aliphatic heterocycles. The number of carbonyl (C=O) groups excluding carboxylic acids is 1. The summed E-state index contributed by atoms with van der Waals surface area (Å²) in [5.41, 5.74) is 6.11. The molecule has 7 heteroatoms. The van der Waals surface area contributed by atoms with Crippen molar-refractivity contribution in [2.24, 2.45) is 5.10 Å². The van der Waals surface area contributed by atoms with E-state index in [0.29, 0.717) is 16.8 Å². The number of sulfonamides is 1. The molecule has 0 aliphatic carbocycles. The van der Waals surface area contributed by atoms with Crippen molar-refractivity contribution in [2.45, 2.75) is 25.3 Å². The number of benzene rings is 3. The van der Waals surface area contributed by atoms with Crippen molar-refractivity contribution >= 4 is 21.6 Å². The van der Waals surface area contributed by atoms with Crippen LogP contribution in [0.3, 0.4) is 0 Å². The minimum absolute atomic E-state index is 0.166. The Morgan fingerprint density at radius 3 is 2.20 bits per heavy atom. The summed E-state index contributed by atoms with van der Waals surface area (Å²) >= 11 is 0. The molecule has 0 aliphatic rings. The maximum atomic E-state index is 12.5. The average Bonchev–Trinajstić information content (AvgIpc) is 2.77. The van der Waals surface area contributed by atoms with Crippen molar-refractivity contribution in [1.82, 2.24) is 10.1 Å². The fraction of sp³-hybridized carbons (Fsp3) is 0.130. The molecular weight excluding hydrogens is 398 g/mol. The first-order chi connectivity index (χ1) is 14.4. The van der Waals surface area contributed by atoms with E-state index in [-0.39, 0.29) is 17.3 Å². The van der Waals surface area contributed by atoms with Crippen molar-refractivity contribution in [3.8, 4) is 0 Å². The minimum Gasteiger partial charge on any atom is -0.267 e. The van der Waals surface area contributed by atoms with E-state index in [4.69, 9.17) is 0 Å². The van der Waals surface area contributed by atoms with Gasteiger partial charge < -0.3 is 0 Å². The Morgan fingerprint density at radius 1 is 0.900 bits per heavy atom. The topological polar surface area (TPSA) is 87.6 Å². The molecule has 3 aromatic rings. The second-order valence-electron chi connectivity index (χ2n) is 6.79. The molecule has 30 heavy (non-hydrogen) atoms. The number of hydrogen-bond acceptors (Lipinski definition) is 4. The number of rotatable bonds is 7. The van der Waals surface area contributed by atoms with Gasteiger partial charge in [0.1, 0.15) is 0 Å². The highest BCUT2D eigenvalue weighted by molar-refractivity contribution is 7.89.